The Morgan fingerprint density at radius 3 is 2.52 bits per heavy atom. The van der Waals surface area contributed by atoms with Gasteiger partial charge in [-0.1, -0.05) is 23.5 Å². The molecule has 0 saturated heterocycles. The Hall–Kier alpha value is -3.33. The Bertz CT molecular complexity index is 1180. The number of esters is 1. The smallest absolute Gasteiger partial charge is 0.326 e. The summed E-state index contributed by atoms with van der Waals surface area (Å²) < 4.78 is 24.1. The van der Waals surface area contributed by atoms with Crippen molar-refractivity contribution in [3.05, 3.63) is 46.8 Å². The monoisotopic (exact) mass is 442 g/mol. The molecule has 1 aliphatic heterocycles. The molecule has 9 heteroatoms. The minimum Gasteiger partial charge on any atom is -0.497 e. The molecule has 0 bridgehead atoms. The van der Waals surface area contributed by atoms with Gasteiger partial charge in [0.2, 0.25) is 0 Å². The van der Waals surface area contributed by atoms with Gasteiger partial charge in [-0.3, -0.25) is 9.59 Å². The van der Waals surface area contributed by atoms with Crippen LogP contribution in [0.3, 0.4) is 0 Å². The predicted octanol–water partition coefficient (Wildman–Crippen LogP) is 2.72. The molecule has 8 nitrogen and oxygen atoms in total. The van der Waals surface area contributed by atoms with Crippen molar-refractivity contribution in [3.63, 3.8) is 0 Å². The maximum absolute atomic E-state index is 12.7. The summed E-state index contributed by atoms with van der Waals surface area (Å²) in [5.41, 5.74) is 1.56. The second-order valence-corrected chi connectivity index (χ2v) is 7.78. The second-order valence-electron chi connectivity index (χ2n) is 6.77. The first-order chi connectivity index (χ1) is 15.1. The van der Waals surface area contributed by atoms with E-state index in [0.717, 1.165) is 21.5 Å². The summed E-state index contributed by atoms with van der Waals surface area (Å²) in [5, 5.41) is 0. The van der Waals surface area contributed by atoms with Gasteiger partial charge in [0, 0.05) is 12.1 Å². The lowest BCUT2D eigenvalue weighted by atomic mass is 10.1. The molecule has 2 aromatic carbocycles. The number of hydrogen-bond donors (Lipinski definition) is 0. The Morgan fingerprint density at radius 2 is 1.84 bits per heavy atom. The van der Waals surface area contributed by atoms with E-state index in [0.29, 0.717) is 29.5 Å². The van der Waals surface area contributed by atoms with Gasteiger partial charge in [0.15, 0.2) is 16.3 Å². The first kappa shape index (κ1) is 20.9. The highest BCUT2D eigenvalue weighted by atomic mass is 32.1. The molecule has 1 aliphatic rings. The summed E-state index contributed by atoms with van der Waals surface area (Å²) in [5.74, 6) is 1.25. The summed E-state index contributed by atoms with van der Waals surface area (Å²) in [6.07, 6.45) is 0.139. The van der Waals surface area contributed by atoms with Crippen LogP contribution < -0.4 is 19.0 Å². The molecule has 1 aromatic heterocycles. The topological polar surface area (TPSA) is 88.4 Å². The number of fused-ring (bicyclic) bond motifs is 2. The molecule has 0 atom stereocenters. The zero-order valence-electron chi connectivity index (χ0n) is 17.3. The quantitative estimate of drug-likeness (QED) is 0.546. The fourth-order valence-electron chi connectivity index (χ4n) is 3.24. The number of aromatic nitrogens is 1. The number of carbonyl (C=O) groups is 2. The number of ether oxygens (including phenoxy) is 4. The summed E-state index contributed by atoms with van der Waals surface area (Å²) in [6, 6.07) is 10.9. The molecule has 31 heavy (non-hydrogen) atoms. The molecule has 162 valence electrons. The number of nitrogens with zero attached hydrogens (tertiary/aromatic N) is 2. The van der Waals surface area contributed by atoms with Crippen molar-refractivity contribution in [3.8, 4) is 17.2 Å². The van der Waals surface area contributed by atoms with Crippen LogP contribution >= 0.6 is 11.3 Å². The molecular formula is C22H22N2O6S. The van der Waals surface area contributed by atoms with Crippen molar-refractivity contribution in [2.75, 3.05) is 26.9 Å². The SMILES string of the molecule is CCOC(=O)Cn1c(=NC(=O)Cc2ccc(OC)cc2)sc2cc3c(cc21)OCCO3. The second kappa shape index (κ2) is 9.22. The van der Waals surface area contributed by atoms with Crippen molar-refractivity contribution in [1.29, 1.82) is 0 Å². The van der Waals surface area contributed by atoms with E-state index in [9.17, 15) is 9.59 Å². The van der Waals surface area contributed by atoms with Gasteiger partial charge in [0.05, 0.1) is 30.4 Å². The molecule has 0 aliphatic carbocycles. The Morgan fingerprint density at radius 1 is 1.13 bits per heavy atom. The van der Waals surface area contributed by atoms with Crippen molar-refractivity contribution in [1.82, 2.24) is 4.57 Å². The molecule has 0 spiro atoms. The third kappa shape index (κ3) is 4.72. The molecule has 0 unspecified atom stereocenters. The van der Waals surface area contributed by atoms with E-state index < -0.39 is 5.97 Å². The number of methoxy groups -OCH3 is 1. The van der Waals surface area contributed by atoms with Crippen LogP contribution in [0.4, 0.5) is 0 Å². The highest BCUT2D eigenvalue weighted by Crippen LogP contribution is 2.35. The van der Waals surface area contributed by atoms with E-state index in [1.807, 2.05) is 24.3 Å². The van der Waals surface area contributed by atoms with Crippen LogP contribution in [0.5, 0.6) is 17.2 Å². The number of hydrogen-bond acceptors (Lipinski definition) is 7. The van der Waals surface area contributed by atoms with Gasteiger partial charge in [-0.15, -0.1) is 0 Å². The standard InChI is InChI=1S/C22H22N2O6S/c1-3-28-21(26)13-24-16-11-17-18(30-9-8-29-17)12-19(16)31-22(24)23-20(25)10-14-4-6-15(27-2)7-5-14/h4-7,11-12H,3,8-10,13H2,1-2H3. The van der Waals surface area contributed by atoms with E-state index in [-0.39, 0.29) is 25.5 Å². The zero-order chi connectivity index (χ0) is 21.8. The van der Waals surface area contributed by atoms with Gasteiger partial charge in [0.25, 0.3) is 5.91 Å². The first-order valence-electron chi connectivity index (χ1n) is 9.86. The number of thiazole rings is 1. The van der Waals surface area contributed by atoms with Crippen LogP contribution in [0.1, 0.15) is 12.5 Å². The lowest BCUT2D eigenvalue weighted by Crippen LogP contribution is -2.23. The van der Waals surface area contributed by atoms with Crippen LogP contribution in [0.25, 0.3) is 10.2 Å². The molecule has 4 rings (SSSR count). The number of rotatable bonds is 6. The van der Waals surface area contributed by atoms with Crippen molar-refractivity contribution in [2.24, 2.45) is 4.99 Å². The molecular weight excluding hydrogens is 420 g/mol. The third-order valence-corrected chi connectivity index (χ3v) is 5.72. The van der Waals surface area contributed by atoms with Gasteiger partial charge < -0.3 is 23.5 Å². The zero-order valence-corrected chi connectivity index (χ0v) is 18.1. The van der Waals surface area contributed by atoms with E-state index >= 15 is 0 Å². The average Bonchev–Trinajstić information content (AvgIpc) is 3.08. The first-order valence-corrected chi connectivity index (χ1v) is 10.7. The van der Waals surface area contributed by atoms with Crippen LogP contribution in [-0.2, 0) is 27.3 Å². The van der Waals surface area contributed by atoms with Gasteiger partial charge in [0.1, 0.15) is 25.5 Å². The average molecular weight is 442 g/mol. The fraction of sp³-hybridized carbons (Fsp3) is 0.318. The molecule has 0 saturated carbocycles. The van der Waals surface area contributed by atoms with Crippen LogP contribution in [0, 0.1) is 0 Å². The van der Waals surface area contributed by atoms with Crippen LogP contribution in [0.2, 0.25) is 0 Å². The van der Waals surface area contributed by atoms with Gasteiger partial charge in [-0.2, -0.15) is 4.99 Å². The molecule has 1 amide bonds. The fourth-order valence-corrected chi connectivity index (χ4v) is 4.30. The van der Waals surface area contributed by atoms with Gasteiger partial charge in [-0.05, 0) is 24.6 Å². The van der Waals surface area contributed by atoms with Crippen LogP contribution in [-0.4, -0.2) is 43.4 Å². The Balaban J connectivity index is 1.71. The van der Waals surface area contributed by atoms with Gasteiger partial charge >= 0.3 is 5.97 Å². The molecule has 0 radical (unpaired) electrons. The van der Waals surface area contributed by atoms with Crippen molar-refractivity contribution < 1.29 is 28.5 Å². The molecule has 0 N–H and O–H groups in total. The Kier molecular flexibility index (Phi) is 6.22. The lowest BCUT2D eigenvalue weighted by molar-refractivity contribution is -0.143. The lowest BCUT2D eigenvalue weighted by Gasteiger charge is -2.18. The molecule has 0 fully saturated rings. The number of benzene rings is 2. The maximum Gasteiger partial charge on any atom is 0.326 e. The largest absolute Gasteiger partial charge is 0.497 e. The summed E-state index contributed by atoms with van der Waals surface area (Å²) in [4.78, 5) is 29.6. The normalized spacial score (nSPS) is 13.3. The van der Waals surface area contributed by atoms with E-state index in [1.165, 1.54) is 11.3 Å². The van der Waals surface area contributed by atoms with Crippen molar-refractivity contribution >= 4 is 33.4 Å². The van der Waals surface area contributed by atoms with Gasteiger partial charge in [-0.25, -0.2) is 0 Å². The molecule has 3 aromatic rings. The predicted molar refractivity (Wildman–Crippen MR) is 115 cm³/mol. The minimum absolute atomic E-state index is 0.0534. The van der Waals surface area contributed by atoms with E-state index in [1.54, 1.807) is 30.7 Å². The third-order valence-electron chi connectivity index (χ3n) is 4.67. The summed E-state index contributed by atoms with van der Waals surface area (Å²) >= 11 is 1.31. The number of carbonyl (C=O) groups excluding carboxylic acids is 2. The maximum atomic E-state index is 12.7. The Labute approximate surface area is 182 Å². The molecule has 2 heterocycles. The van der Waals surface area contributed by atoms with E-state index in [2.05, 4.69) is 4.99 Å². The highest BCUT2D eigenvalue weighted by Gasteiger charge is 2.18. The minimum atomic E-state index is -0.402. The summed E-state index contributed by atoms with van der Waals surface area (Å²) in [7, 11) is 1.59. The highest BCUT2D eigenvalue weighted by molar-refractivity contribution is 7.16. The van der Waals surface area contributed by atoms with E-state index in [4.69, 9.17) is 18.9 Å². The summed E-state index contributed by atoms with van der Waals surface area (Å²) in [6.45, 7) is 2.90. The number of amides is 1. The van der Waals surface area contributed by atoms with Crippen LogP contribution in [0.15, 0.2) is 41.4 Å². The van der Waals surface area contributed by atoms with Crippen molar-refractivity contribution in [2.45, 2.75) is 19.9 Å².